The third kappa shape index (κ3) is 4.75. The first-order valence-electron chi connectivity index (χ1n) is 17.4. The summed E-state index contributed by atoms with van der Waals surface area (Å²) in [7, 11) is 0. The number of aliphatic imine (C=N–C) groups is 1. The number of alkyl halides is 6. The topological polar surface area (TPSA) is 95.4 Å². The van der Waals surface area contributed by atoms with Gasteiger partial charge in [0, 0.05) is 42.1 Å². The van der Waals surface area contributed by atoms with Gasteiger partial charge in [-0.05, 0) is 70.1 Å². The zero-order valence-corrected chi connectivity index (χ0v) is 28.0. The highest BCUT2D eigenvalue weighted by molar-refractivity contribution is 5.48. The summed E-state index contributed by atoms with van der Waals surface area (Å²) < 4.78 is 119. The van der Waals surface area contributed by atoms with Crippen molar-refractivity contribution in [3.8, 4) is 0 Å². The molecule has 7 saturated heterocycles. The average molecular weight is 712 g/mol. The SMILES string of the molecule is C[C@@H]1CC[C@H]2C(CO/C=N\[C@@]3(C(F)(F)F)O[C@@H]4O[C@]5(C)CCC6[C@H](C)CC[C@@H]([C@H]3C)[C@]64OO5)=C(C(F)(F)F)O[C@@H]3O[C@]4(C)CCC1[C@]32OO4. The van der Waals surface area contributed by atoms with Gasteiger partial charge in [-0.25, -0.2) is 24.5 Å². The first-order valence-corrected chi connectivity index (χ1v) is 17.4. The summed E-state index contributed by atoms with van der Waals surface area (Å²) in [6.45, 7) is 7.88. The largest absolute Gasteiger partial charge is 0.479 e. The van der Waals surface area contributed by atoms with Crippen molar-refractivity contribution in [2.24, 2.45) is 46.4 Å². The third-order valence-electron chi connectivity index (χ3n) is 13.2. The van der Waals surface area contributed by atoms with Crippen molar-refractivity contribution in [1.29, 1.82) is 0 Å². The van der Waals surface area contributed by atoms with Gasteiger partial charge in [0.2, 0.25) is 23.6 Å². The molecule has 2 spiro atoms. The number of hydrogen-bond donors (Lipinski definition) is 0. The maximum atomic E-state index is 15.3. The average Bonchev–Trinajstić information content (AvgIpc) is 3.39. The van der Waals surface area contributed by atoms with Crippen LogP contribution in [0.15, 0.2) is 16.3 Å². The van der Waals surface area contributed by atoms with Crippen molar-refractivity contribution >= 4 is 6.40 Å². The van der Waals surface area contributed by atoms with Crippen LogP contribution in [0.2, 0.25) is 0 Å². The lowest BCUT2D eigenvalue weighted by atomic mass is 9.56. The van der Waals surface area contributed by atoms with Crippen LogP contribution in [0, 0.1) is 41.4 Å². The molecule has 14 atom stereocenters. The maximum Gasteiger partial charge on any atom is 0.449 e. The number of ether oxygens (including phenoxy) is 5. The highest BCUT2D eigenvalue weighted by Crippen LogP contribution is 2.65. The molecule has 10 nitrogen and oxygen atoms in total. The van der Waals surface area contributed by atoms with E-state index in [9.17, 15) is 13.2 Å². The molecule has 0 amide bonds. The van der Waals surface area contributed by atoms with Crippen molar-refractivity contribution in [3.05, 3.63) is 11.3 Å². The van der Waals surface area contributed by atoms with Crippen LogP contribution in [0.25, 0.3) is 0 Å². The Morgan fingerprint density at radius 3 is 1.96 bits per heavy atom. The van der Waals surface area contributed by atoms with E-state index in [1.165, 1.54) is 6.92 Å². The summed E-state index contributed by atoms with van der Waals surface area (Å²) in [6, 6.07) is 0. The summed E-state index contributed by atoms with van der Waals surface area (Å²) >= 11 is 0. The standard InChI is InChI=1S/C33H43F6NO9/c1-16-6-8-22-18(3)31(33(37,38)39,45-26-29(22)20(16)10-13-28(5,44-26)47-48-29)40-15-41-14-19-23-9-7-17(2)21-11-12-27(4)43-25(30(21,23)49-46-27)42-24(19)32(34,35)36/h15-18,20-23,25-26H,6-14H2,1-5H3/b40-15-/t16-,17-,18-,20?,21?,22+,23+,25-,26+,27+,28+,29-,30-,31-/m1/s1. The fraction of sp³-hybridized carbons (Fsp3) is 0.909. The van der Waals surface area contributed by atoms with E-state index in [4.69, 9.17) is 43.2 Å². The minimum Gasteiger partial charge on any atom is -0.479 e. The van der Waals surface area contributed by atoms with Crippen LogP contribution >= 0.6 is 0 Å². The molecule has 4 bridgehead atoms. The molecule has 0 radical (unpaired) electrons. The van der Waals surface area contributed by atoms with Gasteiger partial charge < -0.3 is 23.7 Å². The molecule has 8 heterocycles. The van der Waals surface area contributed by atoms with Gasteiger partial charge >= 0.3 is 12.4 Å². The van der Waals surface area contributed by atoms with Crippen LogP contribution in [0.3, 0.4) is 0 Å². The highest BCUT2D eigenvalue weighted by atomic mass is 19.4. The highest BCUT2D eigenvalue weighted by Gasteiger charge is 2.77. The second-order valence-electron chi connectivity index (χ2n) is 15.9. The van der Waals surface area contributed by atoms with E-state index >= 15 is 13.2 Å². The molecule has 16 heteroatoms. The zero-order chi connectivity index (χ0) is 35.0. The molecule has 0 aromatic carbocycles. The molecule has 10 rings (SSSR count). The van der Waals surface area contributed by atoms with Crippen LogP contribution in [-0.2, 0) is 43.2 Å². The Kier molecular flexibility index (Phi) is 7.67. The second-order valence-corrected chi connectivity index (χ2v) is 15.9. The Bertz CT molecular complexity index is 1410. The van der Waals surface area contributed by atoms with Gasteiger partial charge in [-0.3, -0.25) is 0 Å². The van der Waals surface area contributed by atoms with Gasteiger partial charge in [-0.15, -0.1) is 0 Å². The van der Waals surface area contributed by atoms with Crippen LogP contribution in [0.1, 0.15) is 86.0 Å². The molecule has 9 fully saturated rings. The third-order valence-corrected chi connectivity index (χ3v) is 13.2. The molecule has 10 aliphatic rings. The van der Waals surface area contributed by atoms with E-state index in [0.717, 1.165) is 0 Å². The van der Waals surface area contributed by atoms with E-state index in [1.54, 1.807) is 13.8 Å². The van der Waals surface area contributed by atoms with Gasteiger partial charge in [0.05, 0.1) is 0 Å². The molecule has 2 unspecified atom stereocenters. The number of rotatable bonds is 4. The minimum atomic E-state index is -5.05. The Hall–Kier alpha value is -1.69. The fourth-order valence-electron chi connectivity index (χ4n) is 10.6. The molecule has 0 N–H and O–H groups in total. The predicted octanol–water partition coefficient (Wildman–Crippen LogP) is 7.23. The molecular formula is C33H43F6NO9. The van der Waals surface area contributed by atoms with Crippen molar-refractivity contribution in [1.82, 2.24) is 0 Å². The summed E-state index contributed by atoms with van der Waals surface area (Å²) in [5.41, 5.74) is -6.12. The van der Waals surface area contributed by atoms with Crippen molar-refractivity contribution < 1.29 is 69.6 Å². The van der Waals surface area contributed by atoms with Crippen LogP contribution in [0.5, 0.6) is 0 Å². The van der Waals surface area contributed by atoms with Gasteiger partial charge in [0.25, 0.3) is 5.72 Å². The lowest BCUT2D eigenvalue weighted by Gasteiger charge is -2.62. The summed E-state index contributed by atoms with van der Waals surface area (Å²) in [4.78, 5) is 27.2. The van der Waals surface area contributed by atoms with Gasteiger partial charge in [-0.1, -0.05) is 20.8 Å². The quantitative estimate of drug-likeness (QED) is 0.130. The first kappa shape index (κ1) is 34.4. The fourth-order valence-corrected chi connectivity index (χ4v) is 10.6. The van der Waals surface area contributed by atoms with Crippen LogP contribution in [-0.4, -0.2) is 66.4 Å². The number of hydrogen-bond acceptors (Lipinski definition) is 10. The second kappa shape index (κ2) is 10.9. The smallest absolute Gasteiger partial charge is 0.449 e. The zero-order valence-electron chi connectivity index (χ0n) is 28.0. The normalized spacial score (nSPS) is 52.3. The summed E-state index contributed by atoms with van der Waals surface area (Å²) in [5.74, 6) is -7.11. The first-order chi connectivity index (χ1) is 22.9. The maximum absolute atomic E-state index is 15.3. The van der Waals surface area contributed by atoms with E-state index in [2.05, 4.69) is 4.99 Å². The van der Waals surface area contributed by atoms with Crippen molar-refractivity contribution in [2.75, 3.05) is 6.61 Å². The van der Waals surface area contributed by atoms with Crippen molar-refractivity contribution in [2.45, 2.75) is 139 Å². The van der Waals surface area contributed by atoms with Crippen LogP contribution < -0.4 is 0 Å². The molecule has 0 aromatic rings. The van der Waals surface area contributed by atoms with Crippen LogP contribution in [0.4, 0.5) is 26.3 Å². The number of fused-ring (bicyclic) bond motifs is 4. The molecule has 8 aliphatic heterocycles. The number of nitrogens with zero attached hydrogens (tertiary/aromatic N) is 1. The Labute approximate surface area is 279 Å². The van der Waals surface area contributed by atoms with E-state index in [1.807, 2.05) is 13.8 Å². The van der Waals surface area contributed by atoms with Gasteiger partial charge in [-0.2, -0.15) is 26.3 Å². The molecule has 2 aliphatic carbocycles. The molecule has 276 valence electrons. The Morgan fingerprint density at radius 2 is 1.33 bits per heavy atom. The molecular weight excluding hydrogens is 668 g/mol. The van der Waals surface area contributed by atoms with Gasteiger partial charge in [0.15, 0.2) is 23.9 Å². The van der Waals surface area contributed by atoms with E-state index in [0.29, 0.717) is 51.3 Å². The predicted molar refractivity (Wildman–Crippen MR) is 153 cm³/mol. The Balaban J connectivity index is 1.12. The summed E-state index contributed by atoms with van der Waals surface area (Å²) in [5, 5.41) is 0. The lowest BCUT2D eigenvalue weighted by molar-refractivity contribution is -0.583. The van der Waals surface area contributed by atoms with Gasteiger partial charge in [0.1, 0.15) is 6.61 Å². The number of allylic oxidation sites excluding steroid dienone is 1. The van der Waals surface area contributed by atoms with E-state index in [-0.39, 0.29) is 35.7 Å². The van der Waals surface area contributed by atoms with Crippen molar-refractivity contribution in [3.63, 3.8) is 0 Å². The molecule has 2 saturated carbocycles. The molecule has 0 aromatic heterocycles. The Morgan fingerprint density at radius 1 is 0.735 bits per heavy atom. The molecule has 49 heavy (non-hydrogen) atoms. The monoisotopic (exact) mass is 711 g/mol. The summed E-state index contributed by atoms with van der Waals surface area (Å²) in [6.07, 6.45) is -8.45. The number of halogens is 6. The minimum absolute atomic E-state index is 0.0616. The van der Waals surface area contributed by atoms with E-state index < -0.39 is 83.6 Å². The lowest BCUT2D eigenvalue weighted by Crippen LogP contribution is -2.75.